The average molecular weight is 312 g/mol. The van der Waals surface area contributed by atoms with Gasteiger partial charge in [0.15, 0.2) is 5.75 Å². The SMILES string of the molecule is CCC[C@@H]1COc2c(ccc3[nH]c(=O)cc(C(F)(F)F)c23)N1. The van der Waals surface area contributed by atoms with Crippen molar-refractivity contribution in [3.63, 3.8) is 0 Å². The summed E-state index contributed by atoms with van der Waals surface area (Å²) in [7, 11) is 0. The van der Waals surface area contributed by atoms with E-state index >= 15 is 0 Å². The van der Waals surface area contributed by atoms with Gasteiger partial charge in [-0.15, -0.1) is 0 Å². The zero-order chi connectivity index (χ0) is 15.9. The summed E-state index contributed by atoms with van der Waals surface area (Å²) in [5.41, 5.74) is -1.12. The van der Waals surface area contributed by atoms with E-state index in [0.29, 0.717) is 18.4 Å². The molecule has 2 aromatic rings. The van der Waals surface area contributed by atoms with E-state index in [1.807, 2.05) is 6.92 Å². The fourth-order valence-electron chi connectivity index (χ4n) is 2.76. The molecule has 3 rings (SSSR count). The van der Waals surface area contributed by atoms with Crippen LogP contribution in [0.25, 0.3) is 10.9 Å². The molecule has 1 aliphatic heterocycles. The fourth-order valence-corrected chi connectivity index (χ4v) is 2.76. The molecular formula is C15H15F3N2O2. The zero-order valence-corrected chi connectivity index (χ0v) is 11.9. The lowest BCUT2D eigenvalue weighted by Gasteiger charge is -2.28. The number of H-pyrrole nitrogens is 1. The van der Waals surface area contributed by atoms with E-state index in [1.54, 1.807) is 6.07 Å². The second kappa shape index (κ2) is 5.23. The number of hydrogen-bond donors (Lipinski definition) is 2. The maximum Gasteiger partial charge on any atom is 0.417 e. The number of aromatic amines is 1. The Balaban J connectivity index is 2.21. The molecule has 0 radical (unpaired) electrons. The monoisotopic (exact) mass is 312 g/mol. The number of ether oxygens (including phenoxy) is 1. The predicted octanol–water partition coefficient (Wildman–Crippen LogP) is 3.52. The third-order valence-electron chi connectivity index (χ3n) is 3.69. The lowest BCUT2D eigenvalue weighted by Crippen LogP contribution is -2.31. The summed E-state index contributed by atoms with van der Waals surface area (Å²) in [4.78, 5) is 13.9. The van der Waals surface area contributed by atoms with Crippen LogP contribution in [0.1, 0.15) is 25.3 Å². The second-order valence-corrected chi connectivity index (χ2v) is 5.35. The molecule has 4 nitrogen and oxygen atoms in total. The highest BCUT2D eigenvalue weighted by molar-refractivity contribution is 5.94. The fraction of sp³-hybridized carbons (Fsp3) is 0.400. The number of fused-ring (bicyclic) bond motifs is 3. The van der Waals surface area contributed by atoms with E-state index < -0.39 is 17.3 Å². The molecule has 2 heterocycles. The van der Waals surface area contributed by atoms with E-state index in [2.05, 4.69) is 10.3 Å². The van der Waals surface area contributed by atoms with Crippen molar-refractivity contribution < 1.29 is 17.9 Å². The molecule has 0 amide bonds. The number of pyridine rings is 1. The summed E-state index contributed by atoms with van der Waals surface area (Å²) in [6, 6.07) is 3.75. The van der Waals surface area contributed by atoms with Gasteiger partial charge in [-0.2, -0.15) is 13.2 Å². The Bertz CT molecular complexity index is 768. The molecule has 0 saturated heterocycles. The minimum absolute atomic E-state index is 0.0760. The normalized spacial score (nSPS) is 17.7. The summed E-state index contributed by atoms with van der Waals surface area (Å²) < 4.78 is 45.3. The van der Waals surface area contributed by atoms with Crippen molar-refractivity contribution in [2.45, 2.75) is 32.0 Å². The Morgan fingerprint density at radius 1 is 1.36 bits per heavy atom. The Labute approximate surface area is 124 Å². The topological polar surface area (TPSA) is 54.1 Å². The summed E-state index contributed by atoms with van der Waals surface area (Å²) in [6.07, 6.45) is -2.80. The first-order valence-electron chi connectivity index (χ1n) is 7.06. The molecule has 7 heteroatoms. The van der Waals surface area contributed by atoms with Crippen LogP contribution in [-0.4, -0.2) is 17.6 Å². The van der Waals surface area contributed by atoms with E-state index in [4.69, 9.17) is 4.74 Å². The van der Waals surface area contributed by atoms with E-state index in [1.165, 1.54) is 6.07 Å². The third kappa shape index (κ3) is 2.51. The van der Waals surface area contributed by atoms with Gasteiger partial charge in [0.1, 0.15) is 6.61 Å². The highest BCUT2D eigenvalue weighted by Gasteiger charge is 2.36. The number of nitrogens with one attached hydrogen (secondary N) is 2. The number of alkyl halides is 3. The van der Waals surface area contributed by atoms with Gasteiger partial charge in [0.05, 0.1) is 28.2 Å². The second-order valence-electron chi connectivity index (χ2n) is 5.35. The first kappa shape index (κ1) is 14.7. The van der Waals surface area contributed by atoms with Gasteiger partial charge in [0, 0.05) is 6.07 Å². The molecule has 1 aromatic heterocycles. The van der Waals surface area contributed by atoms with E-state index in [-0.39, 0.29) is 22.7 Å². The average Bonchev–Trinajstić information content (AvgIpc) is 2.45. The van der Waals surface area contributed by atoms with Crippen molar-refractivity contribution in [1.29, 1.82) is 0 Å². The molecule has 0 fully saturated rings. The first-order chi connectivity index (χ1) is 10.4. The summed E-state index contributed by atoms with van der Waals surface area (Å²) in [5.74, 6) is 0.147. The van der Waals surface area contributed by atoms with Crippen LogP contribution in [0, 0.1) is 0 Å². The highest BCUT2D eigenvalue weighted by atomic mass is 19.4. The van der Waals surface area contributed by atoms with Crippen LogP contribution in [-0.2, 0) is 6.18 Å². The maximum atomic E-state index is 13.2. The minimum Gasteiger partial charge on any atom is -0.489 e. The number of benzene rings is 1. The quantitative estimate of drug-likeness (QED) is 0.892. The molecule has 1 atom stereocenters. The van der Waals surface area contributed by atoms with Crippen LogP contribution in [0.2, 0.25) is 0 Å². The van der Waals surface area contributed by atoms with Crippen LogP contribution < -0.4 is 15.6 Å². The summed E-state index contributed by atoms with van der Waals surface area (Å²) >= 11 is 0. The molecule has 0 spiro atoms. The molecule has 1 aliphatic rings. The zero-order valence-electron chi connectivity index (χ0n) is 11.9. The van der Waals surface area contributed by atoms with Crippen LogP contribution in [0.3, 0.4) is 0 Å². The summed E-state index contributed by atoms with van der Waals surface area (Å²) in [6.45, 7) is 2.33. The van der Waals surface area contributed by atoms with Gasteiger partial charge in [-0.25, -0.2) is 0 Å². The van der Waals surface area contributed by atoms with Crippen LogP contribution in [0.5, 0.6) is 5.75 Å². The van der Waals surface area contributed by atoms with Crippen molar-refractivity contribution in [3.8, 4) is 5.75 Å². The number of hydrogen-bond acceptors (Lipinski definition) is 3. The molecule has 22 heavy (non-hydrogen) atoms. The van der Waals surface area contributed by atoms with Gasteiger partial charge in [-0.1, -0.05) is 13.3 Å². The lowest BCUT2D eigenvalue weighted by molar-refractivity contribution is -0.136. The highest BCUT2D eigenvalue weighted by Crippen LogP contribution is 2.42. The standard InChI is InChI=1S/C15H15F3N2O2/c1-2-3-8-7-22-14-11(19-8)5-4-10-13(14)9(15(16,17)18)6-12(21)20-10/h4-6,8,19H,2-3,7H2,1H3,(H,20,21)/t8-/m1/s1. The number of aromatic nitrogens is 1. The lowest BCUT2D eigenvalue weighted by atomic mass is 10.0. The summed E-state index contributed by atoms with van der Waals surface area (Å²) in [5, 5.41) is 3.09. The Morgan fingerprint density at radius 2 is 2.14 bits per heavy atom. The Morgan fingerprint density at radius 3 is 2.82 bits per heavy atom. The maximum absolute atomic E-state index is 13.2. The van der Waals surface area contributed by atoms with Gasteiger partial charge in [-0.3, -0.25) is 4.79 Å². The Hall–Kier alpha value is -2.18. The van der Waals surface area contributed by atoms with Crippen LogP contribution in [0.4, 0.5) is 18.9 Å². The van der Waals surface area contributed by atoms with Crippen molar-refractivity contribution in [2.24, 2.45) is 0 Å². The molecule has 0 aliphatic carbocycles. The number of halogens is 3. The van der Waals surface area contributed by atoms with Crippen LogP contribution in [0.15, 0.2) is 23.0 Å². The van der Waals surface area contributed by atoms with Crippen molar-refractivity contribution in [1.82, 2.24) is 4.98 Å². The minimum atomic E-state index is -4.62. The third-order valence-corrected chi connectivity index (χ3v) is 3.69. The van der Waals surface area contributed by atoms with Gasteiger partial charge in [0.2, 0.25) is 5.56 Å². The van der Waals surface area contributed by atoms with Gasteiger partial charge in [0.25, 0.3) is 0 Å². The van der Waals surface area contributed by atoms with E-state index in [9.17, 15) is 18.0 Å². The van der Waals surface area contributed by atoms with Gasteiger partial charge in [-0.05, 0) is 18.6 Å². The Kier molecular flexibility index (Phi) is 3.50. The smallest absolute Gasteiger partial charge is 0.417 e. The molecule has 2 N–H and O–H groups in total. The number of anilines is 1. The van der Waals surface area contributed by atoms with Crippen molar-refractivity contribution in [2.75, 3.05) is 11.9 Å². The molecule has 0 unspecified atom stereocenters. The molecular weight excluding hydrogens is 297 g/mol. The first-order valence-corrected chi connectivity index (χ1v) is 7.06. The van der Waals surface area contributed by atoms with Gasteiger partial charge < -0.3 is 15.0 Å². The molecule has 118 valence electrons. The van der Waals surface area contributed by atoms with Gasteiger partial charge >= 0.3 is 6.18 Å². The number of rotatable bonds is 2. The van der Waals surface area contributed by atoms with E-state index in [0.717, 1.165) is 12.8 Å². The van der Waals surface area contributed by atoms with Crippen LogP contribution >= 0.6 is 0 Å². The van der Waals surface area contributed by atoms with Crippen molar-refractivity contribution >= 4 is 16.6 Å². The molecule has 0 bridgehead atoms. The molecule has 1 aromatic carbocycles. The van der Waals surface area contributed by atoms with Crippen molar-refractivity contribution in [3.05, 3.63) is 34.1 Å². The predicted molar refractivity (Wildman–Crippen MR) is 77.4 cm³/mol. The largest absolute Gasteiger partial charge is 0.489 e. The molecule has 0 saturated carbocycles.